The molecule has 0 amide bonds. The summed E-state index contributed by atoms with van der Waals surface area (Å²) in [5, 5.41) is 3.95. The van der Waals surface area contributed by atoms with E-state index in [0.29, 0.717) is 12.1 Å². The predicted octanol–water partition coefficient (Wildman–Crippen LogP) is 4.04. The fourth-order valence-corrected chi connectivity index (χ4v) is 4.68. The summed E-state index contributed by atoms with van der Waals surface area (Å²) in [5.74, 6) is 0.935. The molecule has 2 aliphatic carbocycles. The van der Waals surface area contributed by atoms with E-state index in [1.54, 1.807) is 0 Å². The first-order valence-corrected chi connectivity index (χ1v) is 8.67. The van der Waals surface area contributed by atoms with Gasteiger partial charge in [0.05, 0.1) is 5.60 Å². The standard InChI is InChI=1S/C17H31NO/c1-14(15-7-3-4-8-15)18-16-9-12-19-17(13-16)10-5-2-6-11-17/h14-16,18H,2-13H2,1H3/t14-,16?/m0/s1. The van der Waals surface area contributed by atoms with Crippen LogP contribution < -0.4 is 5.32 Å². The molecule has 1 spiro atoms. The summed E-state index contributed by atoms with van der Waals surface area (Å²) in [5.41, 5.74) is 0.254. The lowest BCUT2D eigenvalue weighted by atomic mass is 9.78. The Morgan fingerprint density at radius 1 is 1.00 bits per heavy atom. The van der Waals surface area contributed by atoms with Crippen molar-refractivity contribution in [3.05, 3.63) is 0 Å². The molecule has 0 aromatic heterocycles. The summed E-state index contributed by atoms with van der Waals surface area (Å²) < 4.78 is 6.20. The van der Waals surface area contributed by atoms with Crippen LogP contribution in [0.15, 0.2) is 0 Å². The van der Waals surface area contributed by atoms with Crippen LogP contribution in [0.1, 0.15) is 77.6 Å². The Labute approximate surface area is 118 Å². The maximum absolute atomic E-state index is 6.20. The maximum Gasteiger partial charge on any atom is 0.0697 e. The van der Waals surface area contributed by atoms with Crippen molar-refractivity contribution < 1.29 is 4.74 Å². The van der Waals surface area contributed by atoms with Gasteiger partial charge in [0.25, 0.3) is 0 Å². The average Bonchev–Trinajstić information content (AvgIpc) is 2.93. The van der Waals surface area contributed by atoms with E-state index in [0.717, 1.165) is 12.5 Å². The van der Waals surface area contributed by atoms with Crippen molar-refractivity contribution >= 4 is 0 Å². The van der Waals surface area contributed by atoms with Gasteiger partial charge in [-0.2, -0.15) is 0 Å². The Hall–Kier alpha value is -0.0800. The molecule has 0 bridgehead atoms. The molecule has 3 rings (SSSR count). The van der Waals surface area contributed by atoms with Gasteiger partial charge in [-0.1, -0.05) is 32.1 Å². The summed E-state index contributed by atoms with van der Waals surface area (Å²) in [7, 11) is 0. The molecule has 3 fully saturated rings. The van der Waals surface area contributed by atoms with E-state index in [1.807, 2.05) is 0 Å². The number of rotatable bonds is 3. The average molecular weight is 265 g/mol. The highest BCUT2D eigenvalue weighted by molar-refractivity contribution is 4.93. The molecule has 1 unspecified atom stereocenters. The highest BCUT2D eigenvalue weighted by atomic mass is 16.5. The van der Waals surface area contributed by atoms with Crippen molar-refractivity contribution in [3.63, 3.8) is 0 Å². The van der Waals surface area contributed by atoms with Gasteiger partial charge in [-0.25, -0.2) is 0 Å². The van der Waals surface area contributed by atoms with Gasteiger partial charge >= 0.3 is 0 Å². The zero-order valence-corrected chi connectivity index (χ0v) is 12.6. The van der Waals surface area contributed by atoms with Crippen molar-refractivity contribution in [2.75, 3.05) is 6.61 Å². The quantitative estimate of drug-likeness (QED) is 0.831. The molecule has 2 heteroatoms. The summed E-state index contributed by atoms with van der Waals surface area (Å²) in [6, 6.07) is 1.42. The minimum absolute atomic E-state index is 0.254. The van der Waals surface area contributed by atoms with E-state index in [-0.39, 0.29) is 5.60 Å². The van der Waals surface area contributed by atoms with Crippen LogP contribution in [0.3, 0.4) is 0 Å². The van der Waals surface area contributed by atoms with Crippen LogP contribution in [-0.2, 0) is 4.74 Å². The molecule has 1 aliphatic heterocycles. The van der Waals surface area contributed by atoms with Crippen LogP contribution in [0, 0.1) is 5.92 Å². The first-order chi connectivity index (χ1) is 9.27. The van der Waals surface area contributed by atoms with Crippen molar-refractivity contribution in [1.29, 1.82) is 0 Å². The zero-order chi connectivity index (χ0) is 13.1. The van der Waals surface area contributed by atoms with Crippen LogP contribution in [-0.4, -0.2) is 24.3 Å². The van der Waals surface area contributed by atoms with Crippen LogP contribution in [0.4, 0.5) is 0 Å². The van der Waals surface area contributed by atoms with Crippen molar-refractivity contribution in [1.82, 2.24) is 5.32 Å². The van der Waals surface area contributed by atoms with Gasteiger partial charge in [-0.15, -0.1) is 0 Å². The second-order valence-corrected chi connectivity index (χ2v) is 7.28. The Kier molecular flexibility index (Phi) is 4.48. The zero-order valence-electron chi connectivity index (χ0n) is 12.6. The minimum Gasteiger partial charge on any atom is -0.375 e. The monoisotopic (exact) mass is 265 g/mol. The van der Waals surface area contributed by atoms with Gasteiger partial charge in [0.1, 0.15) is 0 Å². The molecular weight excluding hydrogens is 234 g/mol. The van der Waals surface area contributed by atoms with Crippen molar-refractivity contribution in [2.45, 2.75) is 95.2 Å². The highest BCUT2D eigenvalue weighted by Crippen LogP contribution is 2.39. The van der Waals surface area contributed by atoms with Crippen molar-refractivity contribution in [3.8, 4) is 0 Å². The second-order valence-electron chi connectivity index (χ2n) is 7.28. The van der Waals surface area contributed by atoms with Crippen LogP contribution in [0.2, 0.25) is 0 Å². The Morgan fingerprint density at radius 2 is 1.74 bits per heavy atom. The van der Waals surface area contributed by atoms with Gasteiger partial charge in [-0.05, 0) is 51.4 Å². The third-order valence-electron chi connectivity index (χ3n) is 5.86. The van der Waals surface area contributed by atoms with Crippen molar-refractivity contribution in [2.24, 2.45) is 5.92 Å². The molecule has 1 N–H and O–H groups in total. The lowest BCUT2D eigenvalue weighted by Crippen LogP contribution is -2.51. The molecule has 3 aliphatic rings. The number of hydrogen-bond donors (Lipinski definition) is 1. The van der Waals surface area contributed by atoms with Crippen LogP contribution >= 0.6 is 0 Å². The lowest BCUT2D eigenvalue weighted by Gasteiger charge is -2.44. The summed E-state index contributed by atoms with van der Waals surface area (Å²) in [6.07, 6.45) is 15.1. The van der Waals surface area contributed by atoms with Gasteiger partial charge in [0.15, 0.2) is 0 Å². The normalized spacial score (nSPS) is 33.6. The van der Waals surface area contributed by atoms with Gasteiger partial charge in [0.2, 0.25) is 0 Å². The molecule has 2 nitrogen and oxygen atoms in total. The lowest BCUT2D eigenvalue weighted by molar-refractivity contribution is -0.110. The molecule has 0 radical (unpaired) electrons. The van der Waals surface area contributed by atoms with E-state index in [1.165, 1.54) is 70.6 Å². The topological polar surface area (TPSA) is 21.3 Å². The Morgan fingerprint density at radius 3 is 2.47 bits per heavy atom. The number of ether oxygens (including phenoxy) is 1. The van der Waals surface area contributed by atoms with E-state index in [4.69, 9.17) is 4.74 Å². The SMILES string of the molecule is C[C@H](NC1CCOC2(CCCCC2)C1)C1CCCC1. The highest BCUT2D eigenvalue weighted by Gasteiger charge is 2.39. The number of hydrogen-bond acceptors (Lipinski definition) is 2. The first kappa shape index (κ1) is 13.9. The summed E-state index contributed by atoms with van der Waals surface area (Å²) in [6.45, 7) is 3.40. The molecule has 2 saturated carbocycles. The van der Waals surface area contributed by atoms with E-state index in [9.17, 15) is 0 Å². The third kappa shape index (κ3) is 3.33. The molecule has 110 valence electrons. The third-order valence-corrected chi connectivity index (χ3v) is 5.86. The molecule has 1 heterocycles. The molecular formula is C17H31NO. The summed E-state index contributed by atoms with van der Waals surface area (Å²) in [4.78, 5) is 0. The van der Waals surface area contributed by atoms with E-state index >= 15 is 0 Å². The van der Waals surface area contributed by atoms with Crippen LogP contribution in [0.5, 0.6) is 0 Å². The first-order valence-electron chi connectivity index (χ1n) is 8.67. The fourth-order valence-electron chi connectivity index (χ4n) is 4.68. The molecule has 19 heavy (non-hydrogen) atoms. The van der Waals surface area contributed by atoms with Gasteiger partial charge in [0, 0.05) is 18.7 Å². The fraction of sp³-hybridized carbons (Fsp3) is 1.00. The predicted molar refractivity (Wildman–Crippen MR) is 79.3 cm³/mol. The molecule has 0 aromatic carbocycles. The summed E-state index contributed by atoms with van der Waals surface area (Å²) >= 11 is 0. The van der Waals surface area contributed by atoms with Gasteiger partial charge in [-0.3, -0.25) is 0 Å². The maximum atomic E-state index is 6.20. The number of nitrogens with one attached hydrogen (secondary N) is 1. The molecule has 1 saturated heterocycles. The van der Waals surface area contributed by atoms with E-state index < -0.39 is 0 Å². The molecule has 2 atom stereocenters. The van der Waals surface area contributed by atoms with Gasteiger partial charge < -0.3 is 10.1 Å². The minimum atomic E-state index is 0.254. The largest absolute Gasteiger partial charge is 0.375 e. The smallest absolute Gasteiger partial charge is 0.0697 e. The Balaban J connectivity index is 1.52. The molecule has 0 aromatic rings. The second kappa shape index (κ2) is 6.13. The Bertz CT molecular complexity index is 273. The van der Waals surface area contributed by atoms with E-state index in [2.05, 4.69) is 12.2 Å². The van der Waals surface area contributed by atoms with Crippen LogP contribution in [0.25, 0.3) is 0 Å².